The molecule has 0 radical (unpaired) electrons. The van der Waals surface area contributed by atoms with Crippen molar-refractivity contribution in [1.29, 1.82) is 0 Å². The Morgan fingerprint density at radius 1 is 1.32 bits per heavy atom. The lowest BCUT2D eigenvalue weighted by atomic mass is 9.97. The van der Waals surface area contributed by atoms with Crippen molar-refractivity contribution >= 4 is 6.09 Å². The zero-order valence-electron chi connectivity index (χ0n) is 14.8. The van der Waals surface area contributed by atoms with E-state index < -0.39 is 0 Å². The van der Waals surface area contributed by atoms with E-state index >= 15 is 0 Å². The first kappa shape index (κ1) is 17.5. The molecule has 0 unspecified atom stereocenters. The van der Waals surface area contributed by atoms with E-state index in [0.29, 0.717) is 19.7 Å². The number of carbonyl (C=O) groups is 1. The molecule has 1 aliphatic heterocycles. The van der Waals surface area contributed by atoms with Gasteiger partial charge in [-0.25, -0.2) is 9.78 Å². The van der Waals surface area contributed by atoms with Crippen LogP contribution in [-0.2, 0) is 11.3 Å². The summed E-state index contributed by atoms with van der Waals surface area (Å²) in [5.74, 6) is 1.27. The summed E-state index contributed by atoms with van der Waals surface area (Å²) in [6.45, 7) is 4.73. The molecule has 0 aliphatic carbocycles. The molecule has 0 bridgehead atoms. The van der Waals surface area contributed by atoms with Gasteiger partial charge in [-0.3, -0.25) is 4.98 Å². The van der Waals surface area contributed by atoms with Gasteiger partial charge in [0, 0.05) is 37.6 Å². The number of amides is 1. The van der Waals surface area contributed by atoms with E-state index in [1.165, 1.54) is 0 Å². The fraction of sp³-hybridized carbons (Fsp3) is 0.526. The van der Waals surface area contributed by atoms with Crippen LogP contribution in [0.25, 0.3) is 0 Å². The minimum absolute atomic E-state index is 0.194. The molecule has 1 atom stereocenters. The van der Waals surface area contributed by atoms with E-state index in [2.05, 4.69) is 21.5 Å². The second kappa shape index (κ2) is 8.65. The molecule has 1 amide bonds. The predicted molar refractivity (Wildman–Crippen MR) is 95.4 cm³/mol. The molecule has 2 aromatic heterocycles. The normalized spacial score (nSPS) is 17.5. The van der Waals surface area contributed by atoms with Gasteiger partial charge in [-0.1, -0.05) is 19.4 Å². The van der Waals surface area contributed by atoms with Gasteiger partial charge >= 0.3 is 6.09 Å². The van der Waals surface area contributed by atoms with Gasteiger partial charge in [0.1, 0.15) is 5.82 Å². The van der Waals surface area contributed by atoms with Gasteiger partial charge in [-0.15, -0.1) is 0 Å². The Morgan fingerprint density at radius 3 is 3.04 bits per heavy atom. The molecule has 1 saturated heterocycles. The van der Waals surface area contributed by atoms with Crippen LogP contribution >= 0.6 is 0 Å². The van der Waals surface area contributed by atoms with Crippen LogP contribution in [-0.4, -0.2) is 45.2 Å². The van der Waals surface area contributed by atoms with Crippen LogP contribution in [0.5, 0.6) is 0 Å². The number of aromatic nitrogens is 3. The molecular formula is C19H26N4O2. The quantitative estimate of drug-likeness (QED) is 0.755. The largest absolute Gasteiger partial charge is 0.449 e. The van der Waals surface area contributed by atoms with Gasteiger partial charge < -0.3 is 14.2 Å². The first-order valence-corrected chi connectivity index (χ1v) is 9.10. The third-order valence-electron chi connectivity index (χ3n) is 4.57. The molecule has 1 fully saturated rings. The van der Waals surface area contributed by atoms with Crippen LogP contribution in [0, 0.1) is 0 Å². The first-order valence-electron chi connectivity index (χ1n) is 9.10. The first-order chi connectivity index (χ1) is 12.3. The topological polar surface area (TPSA) is 60.2 Å². The lowest BCUT2D eigenvalue weighted by Crippen LogP contribution is -2.40. The highest BCUT2D eigenvalue weighted by atomic mass is 16.6. The highest BCUT2D eigenvalue weighted by Crippen LogP contribution is 2.26. The molecule has 0 aromatic carbocycles. The third kappa shape index (κ3) is 4.59. The van der Waals surface area contributed by atoms with Crippen molar-refractivity contribution in [3.63, 3.8) is 0 Å². The highest BCUT2D eigenvalue weighted by Gasteiger charge is 2.28. The lowest BCUT2D eigenvalue weighted by molar-refractivity contribution is 0.0896. The van der Waals surface area contributed by atoms with Crippen molar-refractivity contribution in [3.8, 4) is 0 Å². The number of ether oxygens (including phenoxy) is 1. The molecule has 0 saturated carbocycles. The standard InChI is InChI=1S/C19H26N4O2/c1-2-3-13-25-19(24)23-11-6-7-16(14-23)18-21-10-12-22(18)15-17-8-4-5-9-20-17/h4-5,8-10,12,16H,2-3,6-7,11,13-15H2,1H3/t16-/m0/s1. The third-order valence-corrected chi connectivity index (χ3v) is 4.57. The number of rotatable bonds is 6. The molecule has 0 spiro atoms. The van der Waals surface area contributed by atoms with Gasteiger partial charge in [-0.05, 0) is 31.4 Å². The number of hydrogen-bond donors (Lipinski definition) is 0. The van der Waals surface area contributed by atoms with Crippen molar-refractivity contribution in [2.45, 2.75) is 45.1 Å². The summed E-state index contributed by atoms with van der Waals surface area (Å²) in [7, 11) is 0. The van der Waals surface area contributed by atoms with Crippen molar-refractivity contribution in [2.75, 3.05) is 19.7 Å². The molecule has 3 rings (SSSR count). The molecule has 2 aromatic rings. The van der Waals surface area contributed by atoms with Gasteiger partial charge in [0.15, 0.2) is 0 Å². The van der Waals surface area contributed by atoms with E-state index in [1.54, 1.807) is 6.20 Å². The maximum Gasteiger partial charge on any atom is 0.409 e. The Balaban J connectivity index is 1.64. The summed E-state index contributed by atoms with van der Waals surface area (Å²) in [6.07, 6.45) is 9.39. The average molecular weight is 342 g/mol. The molecule has 3 heterocycles. The number of unbranched alkanes of at least 4 members (excludes halogenated alkanes) is 1. The smallest absolute Gasteiger partial charge is 0.409 e. The fourth-order valence-electron chi connectivity index (χ4n) is 3.23. The zero-order valence-corrected chi connectivity index (χ0v) is 14.8. The number of likely N-dealkylation sites (tertiary alicyclic amines) is 1. The maximum absolute atomic E-state index is 12.2. The fourth-order valence-corrected chi connectivity index (χ4v) is 3.23. The van der Waals surface area contributed by atoms with Crippen molar-refractivity contribution in [1.82, 2.24) is 19.4 Å². The second-order valence-corrected chi connectivity index (χ2v) is 6.49. The number of hydrogen-bond acceptors (Lipinski definition) is 4. The lowest BCUT2D eigenvalue weighted by Gasteiger charge is -2.32. The van der Waals surface area contributed by atoms with Crippen LogP contribution in [0.4, 0.5) is 4.79 Å². The van der Waals surface area contributed by atoms with E-state index in [1.807, 2.05) is 35.5 Å². The summed E-state index contributed by atoms with van der Waals surface area (Å²) in [5.41, 5.74) is 1.01. The Kier molecular flexibility index (Phi) is 6.04. The highest BCUT2D eigenvalue weighted by molar-refractivity contribution is 5.67. The van der Waals surface area contributed by atoms with Crippen LogP contribution < -0.4 is 0 Å². The van der Waals surface area contributed by atoms with Crippen molar-refractivity contribution in [3.05, 3.63) is 48.3 Å². The predicted octanol–water partition coefficient (Wildman–Crippen LogP) is 3.44. The number of nitrogens with zero attached hydrogens (tertiary/aromatic N) is 4. The maximum atomic E-state index is 12.2. The van der Waals surface area contributed by atoms with Gasteiger partial charge in [0.05, 0.1) is 18.8 Å². The van der Waals surface area contributed by atoms with Crippen LogP contribution in [0.1, 0.15) is 50.0 Å². The zero-order chi connectivity index (χ0) is 17.5. The average Bonchev–Trinajstić information content (AvgIpc) is 3.11. The summed E-state index contributed by atoms with van der Waals surface area (Å²) in [4.78, 5) is 23.0. The Labute approximate surface area is 148 Å². The van der Waals surface area contributed by atoms with E-state index in [-0.39, 0.29) is 12.0 Å². The molecular weight excluding hydrogens is 316 g/mol. The van der Waals surface area contributed by atoms with Gasteiger partial charge in [0.25, 0.3) is 0 Å². The molecule has 134 valence electrons. The minimum atomic E-state index is -0.194. The van der Waals surface area contributed by atoms with E-state index in [0.717, 1.165) is 43.7 Å². The Hall–Kier alpha value is -2.37. The van der Waals surface area contributed by atoms with Crippen molar-refractivity contribution < 1.29 is 9.53 Å². The molecule has 6 nitrogen and oxygen atoms in total. The number of piperidine rings is 1. The Bertz CT molecular complexity index is 671. The molecule has 1 aliphatic rings. The van der Waals surface area contributed by atoms with Crippen LogP contribution in [0.2, 0.25) is 0 Å². The second-order valence-electron chi connectivity index (χ2n) is 6.49. The SMILES string of the molecule is CCCCOC(=O)N1CCC[C@H](c2nccn2Cc2ccccn2)C1. The van der Waals surface area contributed by atoms with E-state index in [4.69, 9.17) is 4.74 Å². The molecule has 0 N–H and O–H groups in total. The van der Waals surface area contributed by atoms with Crippen LogP contribution in [0.15, 0.2) is 36.8 Å². The van der Waals surface area contributed by atoms with Crippen molar-refractivity contribution in [2.24, 2.45) is 0 Å². The molecule has 25 heavy (non-hydrogen) atoms. The van der Waals surface area contributed by atoms with Gasteiger partial charge in [-0.2, -0.15) is 0 Å². The minimum Gasteiger partial charge on any atom is -0.449 e. The summed E-state index contributed by atoms with van der Waals surface area (Å²) < 4.78 is 7.50. The summed E-state index contributed by atoms with van der Waals surface area (Å²) >= 11 is 0. The summed E-state index contributed by atoms with van der Waals surface area (Å²) in [5, 5.41) is 0. The van der Waals surface area contributed by atoms with Gasteiger partial charge in [0.2, 0.25) is 0 Å². The van der Waals surface area contributed by atoms with E-state index in [9.17, 15) is 4.79 Å². The number of carbonyl (C=O) groups excluding carboxylic acids is 1. The number of imidazole rings is 1. The number of pyridine rings is 1. The summed E-state index contributed by atoms with van der Waals surface area (Å²) in [6, 6.07) is 5.93. The Morgan fingerprint density at radius 2 is 2.24 bits per heavy atom. The molecule has 6 heteroatoms. The monoisotopic (exact) mass is 342 g/mol. The van der Waals surface area contributed by atoms with Crippen LogP contribution in [0.3, 0.4) is 0 Å².